The number of ether oxygens (including phenoxy) is 2. The average molecular weight is 1100 g/mol. The van der Waals surface area contributed by atoms with Crippen LogP contribution in [0, 0.1) is 0 Å². The van der Waals surface area contributed by atoms with E-state index in [2.05, 4.69) is 79.9 Å². The summed E-state index contributed by atoms with van der Waals surface area (Å²) in [5.74, 6) is -0.719. The summed E-state index contributed by atoms with van der Waals surface area (Å²) in [6.07, 6.45) is 61.5. The molecule has 1 aliphatic rings. The molecule has 1 heterocycles. The third-order valence-corrected chi connectivity index (χ3v) is 15.5. The Morgan fingerprint density at radius 3 is 1.22 bits per heavy atom. The summed E-state index contributed by atoms with van der Waals surface area (Å²) in [4.78, 5) is 13.2. The summed E-state index contributed by atoms with van der Waals surface area (Å²) in [5, 5.41) is 76.3. The Morgan fingerprint density at radius 2 is 0.808 bits per heavy atom. The smallest absolute Gasteiger partial charge is 0.249 e. The number of allylic oxidation sites excluding steroid dienone is 10. The van der Waals surface area contributed by atoms with E-state index >= 15 is 0 Å². The Balaban J connectivity index is 2.30. The lowest BCUT2D eigenvalue weighted by Crippen LogP contribution is -2.60. The van der Waals surface area contributed by atoms with Crippen LogP contribution in [-0.4, -0.2) is 110 Å². The fraction of sp³-hybridized carbons (Fsp3) is 0.836. The van der Waals surface area contributed by atoms with Crippen molar-refractivity contribution in [2.45, 2.75) is 345 Å². The van der Waals surface area contributed by atoms with Crippen molar-refractivity contribution < 1.29 is 50.0 Å². The van der Waals surface area contributed by atoms with E-state index in [-0.39, 0.29) is 12.8 Å². The van der Waals surface area contributed by atoms with E-state index in [1.54, 1.807) is 0 Å². The Morgan fingerprint density at radius 1 is 0.449 bits per heavy atom. The lowest BCUT2D eigenvalue weighted by molar-refractivity contribution is -0.303. The van der Waals surface area contributed by atoms with Crippen molar-refractivity contribution in [2.75, 3.05) is 13.2 Å². The largest absolute Gasteiger partial charge is 0.394 e. The van der Waals surface area contributed by atoms with Crippen LogP contribution in [-0.2, 0) is 14.3 Å². The number of unbranched alkanes of at least 4 members (excludes halogenated alkanes) is 34. The van der Waals surface area contributed by atoms with Crippen molar-refractivity contribution in [1.82, 2.24) is 5.32 Å². The van der Waals surface area contributed by atoms with Gasteiger partial charge in [-0.25, -0.2) is 0 Å². The van der Waals surface area contributed by atoms with Gasteiger partial charge >= 0.3 is 0 Å². The van der Waals surface area contributed by atoms with Gasteiger partial charge in [-0.05, 0) is 96.3 Å². The molecule has 8 N–H and O–H groups in total. The monoisotopic (exact) mass is 1100 g/mol. The molecule has 0 saturated carbocycles. The predicted molar refractivity (Wildman–Crippen MR) is 325 cm³/mol. The van der Waals surface area contributed by atoms with Crippen molar-refractivity contribution in [3.8, 4) is 0 Å². The Hall–Kier alpha value is -2.19. The first kappa shape index (κ1) is 73.8. The molecular formula is C67H123NO10. The number of aliphatic hydroxyl groups is 7. The van der Waals surface area contributed by atoms with Gasteiger partial charge in [0.25, 0.3) is 0 Å². The molecule has 11 nitrogen and oxygen atoms in total. The van der Waals surface area contributed by atoms with E-state index < -0.39 is 74.2 Å². The average Bonchev–Trinajstić information content (AvgIpc) is 3.46. The highest BCUT2D eigenvalue weighted by Crippen LogP contribution is 2.23. The van der Waals surface area contributed by atoms with Gasteiger partial charge in [-0.1, -0.05) is 254 Å². The van der Waals surface area contributed by atoms with Crippen molar-refractivity contribution in [2.24, 2.45) is 0 Å². The highest BCUT2D eigenvalue weighted by molar-refractivity contribution is 5.80. The third-order valence-electron chi connectivity index (χ3n) is 15.5. The molecule has 0 aromatic carbocycles. The third kappa shape index (κ3) is 42.6. The van der Waals surface area contributed by atoms with Gasteiger partial charge in [0.05, 0.1) is 25.4 Å². The number of aliphatic hydroxyl groups excluding tert-OH is 7. The van der Waals surface area contributed by atoms with Gasteiger partial charge in [-0.2, -0.15) is 0 Å². The van der Waals surface area contributed by atoms with Crippen molar-refractivity contribution in [1.29, 1.82) is 0 Å². The number of carbonyl (C=O) groups excluding carboxylic acids is 1. The summed E-state index contributed by atoms with van der Waals surface area (Å²) in [6, 6.07) is -1.20. The lowest BCUT2D eigenvalue weighted by Gasteiger charge is -2.40. The molecule has 1 fully saturated rings. The van der Waals surface area contributed by atoms with Crippen LogP contribution in [0.1, 0.15) is 290 Å². The summed E-state index contributed by atoms with van der Waals surface area (Å²) < 4.78 is 11.1. The lowest BCUT2D eigenvalue weighted by atomic mass is 9.98. The van der Waals surface area contributed by atoms with E-state index in [0.717, 1.165) is 70.6 Å². The highest BCUT2D eigenvalue weighted by Gasteiger charge is 2.44. The molecule has 0 bridgehead atoms. The second-order valence-corrected chi connectivity index (χ2v) is 22.8. The molecule has 0 aliphatic carbocycles. The Labute approximate surface area is 478 Å². The van der Waals surface area contributed by atoms with Gasteiger partial charge in [0.15, 0.2) is 6.29 Å². The van der Waals surface area contributed by atoms with Crippen molar-refractivity contribution in [3.05, 3.63) is 60.8 Å². The normalized spacial score (nSPS) is 19.8. The first-order chi connectivity index (χ1) is 38.2. The van der Waals surface area contributed by atoms with Gasteiger partial charge in [-0.15, -0.1) is 0 Å². The van der Waals surface area contributed by atoms with Crippen LogP contribution in [0.2, 0.25) is 0 Å². The SMILES string of the molecule is CCCCCCCCCCC/C=C\C/C=C\CCCCCCCCC(O)C(=O)NC(COC1OC(CO)C(O)C(O)C1O)C(O)C(O)CCC/C=C/CC/C=C/CC/C=C/CCCCCCCCCCCCCCCCCC. The van der Waals surface area contributed by atoms with E-state index in [9.17, 15) is 40.5 Å². The van der Waals surface area contributed by atoms with Crippen LogP contribution in [0.4, 0.5) is 0 Å². The second kappa shape index (κ2) is 55.3. The first-order valence-electron chi connectivity index (χ1n) is 32.7. The summed E-state index contributed by atoms with van der Waals surface area (Å²) in [7, 11) is 0. The van der Waals surface area contributed by atoms with E-state index in [1.165, 1.54) is 173 Å². The van der Waals surface area contributed by atoms with Gasteiger partial charge in [0, 0.05) is 0 Å². The van der Waals surface area contributed by atoms with Crippen molar-refractivity contribution in [3.63, 3.8) is 0 Å². The number of rotatable bonds is 56. The van der Waals surface area contributed by atoms with Crippen LogP contribution in [0.25, 0.3) is 0 Å². The summed E-state index contributed by atoms with van der Waals surface area (Å²) >= 11 is 0. The van der Waals surface area contributed by atoms with E-state index in [0.29, 0.717) is 19.3 Å². The van der Waals surface area contributed by atoms with Gasteiger partial charge in [-0.3, -0.25) is 4.79 Å². The number of carbonyl (C=O) groups is 1. The molecule has 9 unspecified atom stereocenters. The number of amides is 1. The maximum absolute atomic E-state index is 13.2. The maximum Gasteiger partial charge on any atom is 0.249 e. The van der Waals surface area contributed by atoms with Crippen molar-refractivity contribution >= 4 is 5.91 Å². The molecule has 0 aromatic rings. The molecule has 0 spiro atoms. The standard InChI is InChI=1S/C67H123NO10/c1-3-5-7-9-11-13-15-17-19-21-23-25-27-28-29-30-31-32-33-35-36-38-40-42-44-46-48-50-52-54-59(70)62(72)58(57-77-67-65(75)64(74)63(73)61(56-69)78-67)68-66(76)60(71)55-53-51-49-47-45-43-41-39-37-34-26-24-22-20-18-16-14-12-10-8-6-4-2/h24,26,32-33,37-40,46,48,58-65,67,69-75H,3-23,25,27-31,34-36,41-45,47,49-57H2,1-2H3,(H,68,76)/b26-24-,33-32+,39-37-,40-38+,48-46+. The maximum atomic E-state index is 13.2. The first-order valence-corrected chi connectivity index (χ1v) is 32.7. The van der Waals surface area contributed by atoms with Crippen LogP contribution in [0.5, 0.6) is 0 Å². The van der Waals surface area contributed by atoms with Crippen LogP contribution in [0.15, 0.2) is 60.8 Å². The Bertz CT molecular complexity index is 1450. The fourth-order valence-corrected chi connectivity index (χ4v) is 10.2. The van der Waals surface area contributed by atoms with Gasteiger partial charge in [0.1, 0.15) is 36.6 Å². The minimum absolute atomic E-state index is 0.235. The highest BCUT2D eigenvalue weighted by atomic mass is 16.7. The molecule has 1 aliphatic heterocycles. The second-order valence-electron chi connectivity index (χ2n) is 22.8. The molecular weight excluding hydrogens is 979 g/mol. The number of hydrogen-bond donors (Lipinski definition) is 8. The molecule has 456 valence electrons. The Kier molecular flexibility index (Phi) is 52.4. The molecule has 11 heteroatoms. The predicted octanol–water partition coefficient (Wildman–Crippen LogP) is 15.0. The molecule has 1 rings (SSSR count). The molecule has 0 aromatic heterocycles. The number of nitrogens with one attached hydrogen (secondary N) is 1. The van der Waals surface area contributed by atoms with Gasteiger partial charge < -0.3 is 50.5 Å². The van der Waals surface area contributed by atoms with Crippen LogP contribution < -0.4 is 5.32 Å². The molecule has 9 atom stereocenters. The quantitative estimate of drug-likeness (QED) is 0.0215. The summed E-state index contributed by atoms with van der Waals surface area (Å²) in [6.45, 7) is 3.46. The molecule has 0 radical (unpaired) electrons. The zero-order chi connectivity index (χ0) is 56.8. The molecule has 1 amide bonds. The zero-order valence-electron chi connectivity index (χ0n) is 50.1. The molecule has 1 saturated heterocycles. The van der Waals surface area contributed by atoms with Crippen LogP contribution in [0.3, 0.4) is 0 Å². The minimum Gasteiger partial charge on any atom is -0.394 e. The van der Waals surface area contributed by atoms with Gasteiger partial charge in [0.2, 0.25) is 5.91 Å². The minimum atomic E-state index is -1.68. The zero-order valence-corrected chi connectivity index (χ0v) is 50.1. The summed E-state index contributed by atoms with van der Waals surface area (Å²) in [5.41, 5.74) is 0. The number of hydrogen-bond acceptors (Lipinski definition) is 10. The fourth-order valence-electron chi connectivity index (χ4n) is 10.2. The topological polar surface area (TPSA) is 189 Å². The van der Waals surface area contributed by atoms with Crippen LogP contribution >= 0.6 is 0 Å². The van der Waals surface area contributed by atoms with E-state index in [4.69, 9.17) is 9.47 Å². The molecule has 78 heavy (non-hydrogen) atoms. The van der Waals surface area contributed by atoms with E-state index in [1.807, 2.05) is 0 Å².